The number of rotatable bonds is 10. The third kappa shape index (κ3) is 5.93. The zero-order valence-corrected chi connectivity index (χ0v) is 18.3. The molecule has 0 radical (unpaired) electrons. The minimum atomic E-state index is -3.85. The van der Waals surface area contributed by atoms with Crippen molar-refractivity contribution in [2.24, 2.45) is 0 Å². The third-order valence-electron chi connectivity index (χ3n) is 4.80. The zero-order valence-electron chi connectivity index (χ0n) is 17.5. The molecule has 0 saturated carbocycles. The Morgan fingerprint density at radius 3 is 2.32 bits per heavy atom. The van der Waals surface area contributed by atoms with Crippen molar-refractivity contribution in [1.29, 1.82) is 0 Å². The van der Waals surface area contributed by atoms with Crippen LogP contribution in [0.4, 0.5) is 0 Å². The Bertz CT molecular complexity index is 1090. The second kappa shape index (κ2) is 10.2. The van der Waals surface area contributed by atoms with Gasteiger partial charge in [0, 0.05) is 13.1 Å². The van der Waals surface area contributed by atoms with E-state index in [1.165, 1.54) is 6.08 Å². The molecule has 6 nitrogen and oxygen atoms in total. The average molecular weight is 439 g/mol. The van der Waals surface area contributed by atoms with E-state index in [1.807, 2.05) is 37.3 Å². The van der Waals surface area contributed by atoms with Gasteiger partial charge in [0.2, 0.25) is 15.9 Å². The maximum absolute atomic E-state index is 13.2. The summed E-state index contributed by atoms with van der Waals surface area (Å²) in [5, 5.41) is 0. The third-order valence-corrected chi connectivity index (χ3v) is 6.62. The van der Waals surface area contributed by atoms with Gasteiger partial charge in [-0.3, -0.25) is 4.79 Å². The first-order valence-electron chi connectivity index (χ1n) is 9.92. The molecule has 2 aromatic carbocycles. The van der Waals surface area contributed by atoms with E-state index >= 15 is 0 Å². The molecule has 0 atom stereocenters. The summed E-state index contributed by atoms with van der Waals surface area (Å²) in [4.78, 5) is 15.0. The second-order valence-corrected chi connectivity index (χ2v) is 9.15. The van der Waals surface area contributed by atoms with Crippen LogP contribution in [0.2, 0.25) is 0 Å². The highest BCUT2D eigenvalue weighted by Gasteiger charge is 2.28. The van der Waals surface area contributed by atoms with Crippen LogP contribution in [-0.4, -0.2) is 36.6 Å². The van der Waals surface area contributed by atoms with Crippen LogP contribution < -0.4 is 0 Å². The number of carbonyl (C=O) groups excluding carboxylic acids is 1. The van der Waals surface area contributed by atoms with Crippen LogP contribution in [0.3, 0.4) is 0 Å². The summed E-state index contributed by atoms with van der Waals surface area (Å²) in [6, 6.07) is 19.7. The second-order valence-electron chi connectivity index (χ2n) is 7.21. The number of sulfonamides is 1. The number of hydrogen-bond acceptors (Lipinski definition) is 4. The summed E-state index contributed by atoms with van der Waals surface area (Å²) in [5.74, 6) is 0.304. The van der Waals surface area contributed by atoms with Gasteiger partial charge < -0.3 is 9.32 Å². The Morgan fingerprint density at radius 2 is 1.71 bits per heavy atom. The van der Waals surface area contributed by atoms with Gasteiger partial charge in [-0.15, -0.1) is 6.58 Å². The quantitative estimate of drug-likeness (QED) is 0.449. The van der Waals surface area contributed by atoms with Crippen molar-refractivity contribution in [3.63, 3.8) is 0 Å². The lowest BCUT2D eigenvalue weighted by molar-refractivity contribution is -0.132. The topological polar surface area (TPSA) is 70.8 Å². The fourth-order valence-corrected chi connectivity index (χ4v) is 4.49. The van der Waals surface area contributed by atoms with E-state index in [0.717, 1.165) is 15.4 Å². The molecule has 162 valence electrons. The Balaban J connectivity index is 1.84. The van der Waals surface area contributed by atoms with Crippen molar-refractivity contribution in [1.82, 2.24) is 9.21 Å². The minimum Gasteiger partial charge on any atom is -0.467 e. The van der Waals surface area contributed by atoms with Crippen molar-refractivity contribution >= 4 is 15.9 Å². The van der Waals surface area contributed by atoms with E-state index < -0.39 is 10.0 Å². The van der Waals surface area contributed by atoms with E-state index in [9.17, 15) is 13.2 Å². The summed E-state index contributed by atoms with van der Waals surface area (Å²) in [6.07, 6.45) is 3.03. The molecule has 3 aromatic rings. The van der Waals surface area contributed by atoms with E-state index in [0.29, 0.717) is 12.3 Å². The van der Waals surface area contributed by atoms with Crippen LogP contribution in [0.15, 0.2) is 95.0 Å². The molecule has 0 aliphatic carbocycles. The van der Waals surface area contributed by atoms with Crippen molar-refractivity contribution in [2.75, 3.05) is 13.1 Å². The molecule has 1 aromatic heterocycles. The van der Waals surface area contributed by atoms with Gasteiger partial charge in [-0.1, -0.05) is 54.1 Å². The molecule has 0 N–H and O–H groups in total. The van der Waals surface area contributed by atoms with Gasteiger partial charge in [0.25, 0.3) is 0 Å². The van der Waals surface area contributed by atoms with Crippen LogP contribution in [0.25, 0.3) is 0 Å². The fourth-order valence-electron chi connectivity index (χ4n) is 3.13. The van der Waals surface area contributed by atoms with Crippen LogP contribution in [0.5, 0.6) is 0 Å². The zero-order chi connectivity index (χ0) is 22.3. The summed E-state index contributed by atoms with van der Waals surface area (Å²) in [5.41, 5.74) is 1.90. The molecule has 0 aliphatic heterocycles. The summed E-state index contributed by atoms with van der Waals surface area (Å²) in [6.45, 7) is 5.86. The lowest BCUT2D eigenvalue weighted by Gasteiger charge is -2.26. The number of benzene rings is 2. The molecule has 7 heteroatoms. The van der Waals surface area contributed by atoms with Gasteiger partial charge in [-0.2, -0.15) is 4.31 Å². The van der Waals surface area contributed by atoms with Gasteiger partial charge in [0.15, 0.2) is 0 Å². The van der Waals surface area contributed by atoms with Gasteiger partial charge in [0.1, 0.15) is 5.76 Å². The molecule has 3 rings (SSSR count). The van der Waals surface area contributed by atoms with Crippen molar-refractivity contribution in [3.8, 4) is 0 Å². The van der Waals surface area contributed by atoms with Crippen LogP contribution in [0.1, 0.15) is 16.9 Å². The average Bonchev–Trinajstić information content (AvgIpc) is 3.27. The van der Waals surface area contributed by atoms with E-state index in [1.54, 1.807) is 47.6 Å². The largest absolute Gasteiger partial charge is 0.467 e. The standard InChI is InChI=1S/C24H26N2O4S/c1-3-15-26(31(28,29)23-13-11-20(2)12-14-23)19-24(27)25(18-22-10-7-16-30-22)17-21-8-5-4-6-9-21/h3-14,16H,1,15,17-19H2,2H3. The predicted molar refractivity (Wildman–Crippen MR) is 120 cm³/mol. The Hall–Kier alpha value is -3.16. The van der Waals surface area contributed by atoms with Crippen LogP contribution >= 0.6 is 0 Å². The molecule has 31 heavy (non-hydrogen) atoms. The smallest absolute Gasteiger partial charge is 0.243 e. The molecule has 1 amide bonds. The summed E-state index contributed by atoms with van der Waals surface area (Å²) >= 11 is 0. The molecular weight excluding hydrogens is 412 g/mol. The number of hydrogen-bond donors (Lipinski definition) is 0. The number of aryl methyl sites for hydroxylation is 1. The number of amides is 1. The Labute approximate surface area is 183 Å². The monoisotopic (exact) mass is 438 g/mol. The van der Waals surface area contributed by atoms with Gasteiger partial charge >= 0.3 is 0 Å². The molecule has 1 heterocycles. The molecule has 0 aliphatic rings. The normalized spacial score (nSPS) is 11.4. The molecular formula is C24H26N2O4S. The highest BCUT2D eigenvalue weighted by molar-refractivity contribution is 7.89. The number of carbonyl (C=O) groups is 1. The van der Waals surface area contributed by atoms with Gasteiger partial charge in [0.05, 0.1) is 24.2 Å². The number of nitrogens with zero attached hydrogens (tertiary/aromatic N) is 2. The first-order chi connectivity index (χ1) is 14.9. The highest BCUT2D eigenvalue weighted by atomic mass is 32.2. The van der Waals surface area contributed by atoms with E-state index in [2.05, 4.69) is 6.58 Å². The lowest BCUT2D eigenvalue weighted by atomic mass is 10.2. The number of furan rings is 1. The maximum atomic E-state index is 13.2. The maximum Gasteiger partial charge on any atom is 0.243 e. The Kier molecular flexibility index (Phi) is 7.44. The molecule has 0 unspecified atom stereocenters. The molecule has 0 saturated heterocycles. The summed E-state index contributed by atoms with van der Waals surface area (Å²) < 4.78 is 32.9. The molecule has 0 spiro atoms. The minimum absolute atomic E-state index is 0.0296. The molecule has 0 bridgehead atoms. The van der Waals surface area contributed by atoms with E-state index in [-0.39, 0.29) is 30.4 Å². The lowest BCUT2D eigenvalue weighted by Crippen LogP contribution is -2.42. The van der Waals surface area contributed by atoms with Gasteiger partial charge in [-0.05, 0) is 36.8 Å². The van der Waals surface area contributed by atoms with Crippen LogP contribution in [-0.2, 0) is 27.9 Å². The first-order valence-corrected chi connectivity index (χ1v) is 11.4. The van der Waals surface area contributed by atoms with Crippen molar-refractivity contribution in [3.05, 3.63) is 103 Å². The fraction of sp³-hybridized carbons (Fsp3) is 0.208. The first kappa shape index (κ1) is 22.5. The van der Waals surface area contributed by atoms with Gasteiger partial charge in [-0.25, -0.2) is 8.42 Å². The van der Waals surface area contributed by atoms with Crippen molar-refractivity contribution in [2.45, 2.75) is 24.9 Å². The van der Waals surface area contributed by atoms with Crippen LogP contribution in [0, 0.1) is 6.92 Å². The predicted octanol–water partition coefficient (Wildman–Crippen LogP) is 3.99. The molecule has 0 fully saturated rings. The van der Waals surface area contributed by atoms with E-state index in [4.69, 9.17) is 4.42 Å². The summed E-state index contributed by atoms with van der Waals surface area (Å²) in [7, 11) is -3.85. The highest BCUT2D eigenvalue weighted by Crippen LogP contribution is 2.18. The van der Waals surface area contributed by atoms with Crippen molar-refractivity contribution < 1.29 is 17.6 Å². The SMILES string of the molecule is C=CCN(CC(=O)N(Cc1ccccc1)Cc1ccco1)S(=O)(=O)c1ccc(C)cc1. The Morgan fingerprint density at radius 1 is 1.00 bits per heavy atom.